The van der Waals surface area contributed by atoms with Gasteiger partial charge in [-0.2, -0.15) is 5.26 Å². The van der Waals surface area contributed by atoms with Crippen LogP contribution in [0.25, 0.3) is 11.1 Å². The van der Waals surface area contributed by atoms with Crippen molar-refractivity contribution in [3.05, 3.63) is 59.2 Å². The number of rotatable bonds is 1. The molecule has 4 heteroatoms. The quantitative estimate of drug-likeness (QED) is 0.709. The average Bonchev–Trinajstić information content (AvgIpc) is 3.23. The highest BCUT2D eigenvalue weighted by Crippen LogP contribution is 2.47. The van der Waals surface area contributed by atoms with Gasteiger partial charge in [-0.05, 0) is 68.2 Å². The summed E-state index contributed by atoms with van der Waals surface area (Å²) >= 11 is 0. The van der Waals surface area contributed by atoms with Gasteiger partial charge in [0.25, 0.3) is 0 Å². The zero-order valence-electron chi connectivity index (χ0n) is 16.8. The SMILES string of the molecule is CC(C)(C)OC(=O)N1CC[C@@]2(Cc3ccc(C#N)c(-c4ccccc4)c3C2)C1. The van der Waals surface area contributed by atoms with Gasteiger partial charge in [-0.25, -0.2) is 4.79 Å². The van der Waals surface area contributed by atoms with E-state index in [9.17, 15) is 10.1 Å². The van der Waals surface area contributed by atoms with Crippen LogP contribution in [-0.4, -0.2) is 29.7 Å². The summed E-state index contributed by atoms with van der Waals surface area (Å²) in [7, 11) is 0. The molecule has 0 aromatic heterocycles. The summed E-state index contributed by atoms with van der Waals surface area (Å²) in [6, 6.07) is 16.6. The average molecular weight is 374 g/mol. The summed E-state index contributed by atoms with van der Waals surface area (Å²) in [5.41, 5.74) is 5.04. The molecule has 2 aliphatic rings. The Morgan fingerprint density at radius 1 is 1.14 bits per heavy atom. The smallest absolute Gasteiger partial charge is 0.410 e. The standard InChI is InChI=1S/C24H26N2O2/c1-23(2,3)28-22(27)26-12-11-24(16-26)13-18-9-10-19(15-25)21(20(18)14-24)17-7-5-4-6-8-17/h4-10H,11-14,16H2,1-3H3/t24-/m0/s1. The Labute approximate surface area is 166 Å². The third-order valence-corrected chi connectivity index (χ3v) is 5.80. The van der Waals surface area contributed by atoms with Crippen molar-refractivity contribution in [1.82, 2.24) is 4.90 Å². The third kappa shape index (κ3) is 3.38. The molecule has 1 fully saturated rings. The van der Waals surface area contributed by atoms with Gasteiger partial charge in [0.15, 0.2) is 0 Å². The van der Waals surface area contributed by atoms with Crippen LogP contribution in [0.5, 0.6) is 0 Å². The third-order valence-electron chi connectivity index (χ3n) is 5.80. The van der Waals surface area contributed by atoms with Crippen LogP contribution in [-0.2, 0) is 17.6 Å². The second kappa shape index (κ2) is 6.67. The predicted molar refractivity (Wildman–Crippen MR) is 109 cm³/mol. The van der Waals surface area contributed by atoms with E-state index in [1.807, 2.05) is 49.9 Å². The van der Waals surface area contributed by atoms with Gasteiger partial charge >= 0.3 is 6.09 Å². The van der Waals surface area contributed by atoms with Gasteiger partial charge in [-0.15, -0.1) is 0 Å². The fourth-order valence-electron chi connectivity index (χ4n) is 4.63. The molecule has 1 spiro atoms. The molecule has 0 unspecified atom stereocenters. The van der Waals surface area contributed by atoms with Crippen LogP contribution in [0.1, 0.15) is 43.9 Å². The second-order valence-corrected chi connectivity index (χ2v) is 9.11. The molecule has 0 radical (unpaired) electrons. The first-order chi connectivity index (χ1) is 13.3. The van der Waals surface area contributed by atoms with E-state index in [0.29, 0.717) is 6.54 Å². The summed E-state index contributed by atoms with van der Waals surface area (Å²) in [4.78, 5) is 14.4. The molecule has 1 heterocycles. The summed E-state index contributed by atoms with van der Waals surface area (Å²) in [5, 5.41) is 9.67. The molecule has 1 atom stereocenters. The monoisotopic (exact) mass is 374 g/mol. The summed E-state index contributed by atoms with van der Waals surface area (Å²) in [6.45, 7) is 7.15. The van der Waals surface area contributed by atoms with E-state index in [-0.39, 0.29) is 11.5 Å². The predicted octanol–water partition coefficient (Wildman–Crippen LogP) is 4.95. The van der Waals surface area contributed by atoms with Crippen LogP contribution in [0.3, 0.4) is 0 Å². The molecule has 2 aromatic carbocycles. The number of likely N-dealkylation sites (tertiary alicyclic amines) is 1. The van der Waals surface area contributed by atoms with Crippen molar-refractivity contribution in [2.45, 2.75) is 45.6 Å². The number of benzene rings is 2. The van der Waals surface area contributed by atoms with E-state index < -0.39 is 5.60 Å². The van der Waals surface area contributed by atoms with E-state index in [2.05, 4.69) is 24.3 Å². The molecular formula is C24H26N2O2. The minimum Gasteiger partial charge on any atom is -0.444 e. The van der Waals surface area contributed by atoms with E-state index >= 15 is 0 Å². The molecule has 0 saturated carbocycles. The first-order valence-corrected chi connectivity index (χ1v) is 9.88. The Kier molecular flexibility index (Phi) is 4.42. The van der Waals surface area contributed by atoms with Crippen LogP contribution in [0.15, 0.2) is 42.5 Å². The topological polar surface area (TPSA) is 53.3 Å². The van der Waals surface area contributed by atoms with E-state index in [1.54, 1.807) is 0 Å². The van der Waals surface area contributed by atoms with Gasteiger partial charge in [0.2, 0.25) is 0 Å². The number of nitriles is 1. The fourth-order valence-corrected chi connectivity index (χ4v) is 4.63. The maximum absolute atomic E-state index is 12.5. The van der Waals surface area contributed by atoms with Gasteiger partial charge in [-0.3, -0.25) is 0 Å². The van der Waals surface area contributed by atoms with Crippen molar-refractivity contribution in [3.8, 4) is 17.2 Å². The second-order valence-electron chi connectivity index (χ2n) is 9.11. The molecule has 0 N–H and O–H groups in total. The van der Waals surface area contributed by atoms with Gasteiger partial charge in [0.1, 0.15) is 5.60 Å². The molecule has 144 valence electrons. The van der Waals surface area contributed by atoms with Crippen molar-refractivity contribution in [3.63, 3.8) is 0 Å². The van der Waals surface area contributed by atoms with Crippen molar-refractivity contribution >= 4 is 6.09 Å². The minimum absolute atomic E-state index is 0.0524. The Morgan fingerprint density at radius 2 is 1.89 bits per heavy atom. The van der Waals surface area contributed by atoms with Gasteiger partial charge < -0.3 is 9.64 Å². The van der Waals surface area contributed by atoms with E-state index in [1.165, 1.54) is 11.1 Å². The number of hydrogen-bond donors (Lipinski definition) is 0. The van der Waals surface area contributed by atoms with Gasteiger partial charge in [0.05, 0.1) is 11.6 Å². The Morgan fingerprint density at radius 3 is 2.57 bits per heavy atom. The Bertz CT molecular complexity index is 953. The summed E-state index contributed by atoms with van der Waals surface area (Å²) in [5.74, 6) is 0. The van der Waals surface area contributed by atoms with Gasteiger partial charge in [-0.1, -0.05) is 36.4 Å². The number of hydrogen-bond acceptors (Lipinski definition) is 3. The molecule has 4 rings (SSSR count). The lowest BCUT2D eigenvalue weighted by molar-refractivity contribution is 0.0274. The van der Waals surface area contributed by atoms with Crippen LogP contribution < -0.4 is 0 Å². The molecule has 1 aliphatic carbocycles. The van der Waals surface area contributed by atoms with Gasteiger partial charge in [0, 0.05) is 18.7 Å². The van der Waals surface area contributed by atoms with Crippen LogP contribution >= 0.6 is 0 Å². The van der Waals surface area contributed by atoms with Crippen LogP contribution in [0, 0.1) is 16.7 Å². The summed E-state index contributed by atoms with van der Waals surface area (Å²) in [6.07, 6.45) is 2.60. The highest BCUT2D eigenvalue weighted by molar-refractivity contribution is 5.76. The zero-order valence-corrected chi connectivity index (χ0v) is 16.8. The molecule has 28 heavy (non-hydrogen) atoms. The number of fused-ring (bicyclic) bond motifs is 1. The normalized spacial score (nSPS) is 20.9. The van der Waals surface area contributed by atoms with Crippen molar-refractivity contribution in [1.29, 1.82) is 5.26 Å². The Hall–Kier alpha value is -2.80. The minimum atomic E-state index is -0.479. The number of carbonyl (C=O) groups excluding carboxylic acids is 1. The highest BCUT2D eigenvalue weighted by Gasteiger charge is 2.45. The lowest BCUT2D eigenvalue weighted by Gasteiger charge is -2.26. The maximum Gasteiger partial charge on any atom is 0.410 e. The van der Waals surface area contributed by atoms with Crippen molar-refractivity contribution in [2.75, 3.05) is 13.1 Å². The lowest BCUT2D eigenvalue weighted by Crippen LogP contribution is -2.37. The lowest BCUT2D eigenvalue weighted by atomic mass is 9.83. The van der Waals surface area contributed by atoms with Crippen molar-refractivity contribution < 1.29 is 9.53 Å². The Balaban J connectivity index is 1.63. The molecule has 4 nitrogen and oxygen atoms in total. The molecule has 2 aromatic rings. The first-order valence-electron chi connectivity index (χ1n) is 9.88. The molecule has 1 aliphatic heterocycles. The maximum atomic E-state index is 12.5. The molecular weight excluding hydrogens is 348 g/mol. The van der Waals surface area contributed by atoms with Crippen LogP contribution in [0.2, 0.25) is 0 Å². The zero-order chi connectivity index (χ0) is 19.9. The summed E-state index contributed by atoms with van der Waals surface area (Å²) < 4.78 is 5.57. The highest BCUT2D eigenvalue weighted by atomic mass is 16.6. The molecule has 0 bridgehead atoms. The van der Waals surface area contributed by atoms with Crippen LogP contribution in [0.4, 0.5) is 4.79 Å². The number of nitrogens with zero attached hydrogens (tertiary/aromatic N) is 2. The number of carbonyl (C=O) groups is 1. The van der Waals surface area contributed by atoms with E-state index in [4.69, 9.17) is 4.74 Å². The molecule has 1 saturated heterocycles. The number of ether oxygens (including phenoxy) is 1. The fraction of sp³-hybridized carbons (Fsp3) is 0.417. The van der Waals surface area contributed by atoms with Crippen molar-refractivity contribution in [2.24, 2.45) is 5.41 Å². The largest absolute Gasteiger partial charge is 0.444 e. The van der Waals surface area contributed by atoms with E-state index in [0.717, 1.165) is 42.5 Å². The number of amides is 1. The first kappa shape index (κ1) is 18.6. The molecule has 1 amide bonds.